The Morgan fingerprint density at radius 1 is 0.960 bits per heavy atom. The third-order valence-corrected chi connectivity index (χ3v) is 10.0. The van der Waals surface area contributed by atoms with E-state index in [0.29, 0.717) is 31.0 Å². The van der Waals surface area contributed by atoms with Crippen molar-refractivity contribution in [2.45, 2.75) is 104 Å². The van der Waals surface area contributed by atoms with Crippen LogP contribution in [0.25, 0.3) is 11.1 Å². The predicted molar refractivity (Wildman–Crippen MR) is 182 cm³/mol. The van der Waals surface area contributed by atoms with Crippen LogP contribution < -0.4 is 5.56 Å². The summed E-state index contributed by atoms with van der Waals surface area (Å²) in [7, 11) is 0. The topological polar surface area (TPSA) is 79.6 Å². The second-order valence-electron chi connectivity index (χ2n) is 14.6. The summed E-state index contributed by atoms with van der Waals surface area (Å²) in [6.07, 6.45) is -2.72. The van der Waals surface area contributed by atoms with Crippen LogP contribution in [0.2, 0.25) is 0 Å². The predicted octanol–water partition coefficient (Wildman–Crippen LogP) is 8.67. The highest BCUT2D eigenvalue weighted by Crippen LogP contribution is 2.47. The van der Waals surface area contributed by atoms with Gasteiger partial charge in [0, 0.05) is 42.3 Å². The lowest BCUT2D eigenvalue weighted by molar-refractivity contribution is -0.139. The first-order valence-corrected chi connectivity index (χ1v) is 17.3. The van der Waals surface area contributed by atoms with Gasteiger partial charge in [0.2, 0.25) is 0 Å². The molecule has 3 aromatic rings. The van der Waals surface area contributed by atoms with Gasteiger partial charge in [-0.2, -0.15) is 13.2 Å². The van der Waals surface area contributed by atoms with Crippen LogP contribution in [0.4, 0.5) is 22.0 Å². The maximum Gasteiger partial charge on any atom is 0.416 e. The standard InChI is InChI=1S/C39H45F5N2O4/c1-21(2)13-31(46-20-26(9-12-45-10-6-11-45)30(19-33(46)48)39(42,43)44)32(47)16-27(17-34(49)50)36-37(40)28(25-7-8-25)18-29(38(36)41)35-23(4)14-22(3)15-24(35)5/h14-15,18-21,25,27,31H,6-13,16-17H2,1-5H3,(H,49,50)/t27-,31?/m0/s1. The molecule has 1 saturated heterocycles. The first-order valence-electron chi connectivity index (χ1n) is 17.3. The number of carbonyl (C=O) groups is 2. The summed E-state index contributed by atoms with van der Waals surface area (Å²) < 4.78 is 76.4. The van der Waals surface area contributed by atoms with Crippen molar-refractivity contribution in [3.8, 4) is 11.1 Å². The molecule has 0 radical (unpaired) electrons. The van der Waals surface area contributed by atoms with Gasteiger partial charge >= 0.3 is 12.1 Å². The highest BCUT2D eigenvalue weighted by atomic mass is 19.4. The third-order valence-electron chi connectivity index (χ3n) is 10.0. The van der Waals surface area contributed by atoms with Crippen LogP contribution in [-0.4, -0.2) is 46.0 Å². The normalized spacial score (nSPS) is 16.4. The highest BCUT2D eigenvalue weighted by Gasteiger charge is 2.38. The largest absolute Gasteiger partial charge is 0.481 e. The summed E-state index contributed by atoms with van der Waals surface area (Å²) in [6.45, 7) is 11.0. The number of carboxylic acid groups (broad SMARTS) is 1. The van der Waals surface area contributed by atoms with Gasteiger partial charge < -0.3 is 14.6 Å². The Kier molecular flexibility index (Phi) is 11.1. The number of benzene rings is 2. The molecule has 0 spiro atoms. The Balaban J connectivity index is 1.60. The van der Waals surface area contributed by atoms with Crippen LogP contribution in [0.3, 0.4) is 0 Å². The summed E-state index contributed by atoms with van der Waals surface area (Å²) in [5.74, 6) is -5.68. The number of hydrogen-bond acceptors (Lipinski definition) is 4. The number of Topliss-reactive ketones (excluding diaryl/α,β-unsaturated/α-hetero) is 1. The smallest absolute Gasteiger partial charge is 0.416 e. The van der Waals surface area contributed by atoms with Crippen LogP contribution in [-0.2, 0) is 22.2 Å². The van der Waals surface area contributed by atoms with E-state index in [0.717, 1.165) is 47.0 Å². The van der Waals surface area contributed by atoms with Crippen molar-refractivity contribution in [1.29, 1.82) is 0 Å². The molecule has 2 aromatic carbocycles. The van der Waals surface area contributed by atoms with Gasteiger partial charge in [0.25, 0.3) is 5.56 Å². The average molecular weight is 701 g/mol. The second-order valence-corrected chi connectivity index (χ2v) is 14.6. The second kappa shape index (κ2) is 14.8. The van der Waals surface area contributed by atoms with Crippen molar-refractivity contribution < 1.29 is 36.6 Å². The molecule has 50 heavy (non-hydrogen) atoms. The summed E-state index contributed by atoms with van der Waals surface area (Å²) in [5.41, 5.74) is 0.735. The number of aliphatic carboxylic acids is 1. The summed E-state index contributed by atoms with van der Waals surface area (Å²) >= 11 is 0. The molecule has 1 N–H and O–H groups in total. The van der Waals surface area contributed by atoms with E-state index < -0.39 is 71.1 Å². The minimum absolute atomic E-state index is 0.00432. The lowest BCUT2D eigenvalue weighted by atomic mass is 9.82. The van der Waals surface area contributed by atoms with Crippen molar-refractivity contribution in [2.75, 3.05) is 19.6 Å². The Bertz CT molecular complexity index is 1820. The molecular weight excluding hydrogens is 655 g/mol. The van der Waals surface area contributed by atoms with Crippen molar-refractivity contribution in [2.24, 2.45) is 5.92 Å². The lowest BCUT2D eigenvalue weighted by Crippen LogP contribution is -2.39. The lowest BCUT2D eigenvalue weighted by Gasteiger charge is -2.31. The molecule has 6 nitrogen and oxygen atoms in total. The fourth-order valence-electron chi connectivity index (χ4n) is 7.41. The Morgan fingerprint density at radius 3 is 2.12 bits per heavy atom. The monoisotopic (exact) mass is 700 g/mol. The number of hydrogen-bond donors (Lipinski definition) is 1. The van der Waals surface area contributed by atoms with Crippen LogP contribution in [0.5, 0.6) is 0 Å². The number of carbonyl (C=O) groups excluding carboxylic acids is 1. The fraction of sp³-hybridized carbons (Fsp3) is 0.513. The molecule has 0 amide bonds. The van der Waals surface area contributed by atoms with Gasteiger partial charge in [-0.15, -0.1) is 0 Å². The fourth-order valence-corrected chi connectivity index (χ4v) is 7.41. The van der Waals surface area contributed by atoms with E-state index in [1.54, 1.807) is 13.8 Å². The molecule has 1 aliphatic carbocycles. The van der Waals surface area contributed by atoms with Crippen LogP contribution >= 0.6 is 0 Å². The third kappa shape index (κ3) is 8.19. The minimum atomic E-state index is -4.79. The SMILES string of the molecule is Cc1cc(C)c(-c2cc(C3CC3)c(F)c([C@H](CC(=O)O)CC(=O)C(CC(C)C)n3cc(CCN4CCC4)c(C(F)(F)F)cc3=O)c2F)c(C)c1. The number of ketones is 1. The molecule has 1 saturated carbocycles. The zero-order valence-electron chi connectivity index (χ0n) is 29.2. The van der Waals surface area contributed by atoms with Gasteiger partial charge in [-0.25, -0.2) is 8.78 Å². The van der Waals surface area contributed by atoms with Crippen molar-refractivity contribution in [1.82, 2.24) is 9.47 Å². The summed E-state index contributed by atoms with van der Waals surface area (Å²) in [5, 5.41) is 9.93. The van der Waals surface area contributed by atoms with Crippen LogP contribution in [0, 0.1) is 38.3 Å². The zero-order valence-corrected chi connectivity index (χ0v) is 29.2. The van der Waals surface area contributed by atoms with E-state index in [1.165, 1.54) is 6.07 Å². The molecule has 11 heteroatoms. The molecule has 1 aromatic heterocycles. The van der Waals surface area contributed by atoms with E-state index in [-0.39, 0.29) is 41.4 Å². The minimum Gasteiger partial charge on any atom is -0.481 e. The molecular formula is C39H45F5N2O4. The number of halogens is 5. The number of alkyl halides is 3. The highest BCUT2D eigenvalue weighted by molar-refractivity contribution is 5.84. The van der Waals surface area contributed by atoms with Crippen molar-refractivity contribution in [3.05, 3.63) is 91.4 Å². The molecule has 2 atom stereocenters. The van der Waals surface area contributed by atoms with E-state index in [9.17, 15) is 32.7 Å². The molecule has 2 fully saturated rings. The first kappa shape index (κ1) is 37.4. The molecule has 1 aliphatic heterocycles. The molecule has 2 aliphatic rings. The molecule has 0 bridgehead atoms. The molecule has 1 unspecified atom stereocenters. The van der Waals surface area contributed by atoms with E-state index in [1.807, 2.05) is 37.8 Å². The van der Waals surface area contributed by atoms with E-state index in [2.05, 4.69) is 0 Å². The maximum atomic E-state index is 16.8. The van der Waals surface area contributed by atoms with Gasteiger partial charge in [-0.3, -0.25) is 14.4 Å². The number of nitrogens with zero attached hydrogens (tertiary/aromatic N) is 2. The van der Waals surface area contributed by atoms with Crippen LogP contribution in [0.15, 0.2) is 35.3 Å². The van der Waals surface area contributed by atoms with E-state index >= 15 is 8.78 Å². The molecule has 2 heterocycles. The number of carboxylic acids is 1. The van der Waals surface area contributed by atoms with Gasteiger partial charge in [0.15, 0.2) is 5.78 Å². The number of likely N-dealkylation sites (tertiary alicyclic amines) is 1. The number of aromatic nitrogens is 1. The molecule has 5 rings (SSSR count). The van der Waals surface area contributed by atoms with Crippen LogP contribution in [0.1, 0.15) is 109 Å². The van der Waals surface area contributed by atoms with Gasteiger partial charge in [0.1, 0.15) is 11.6 Å². The van der Waals surface area contributed by atoms with E-state index in [4.69, 9.17) is 0 Å². The Labute approximate surface area is 289 Å². The molecule has 270 valence electrons. The summed E-state index contributed by atoms with van der Waals surface area (Å²) in [4.78, 5) is 41.8. The number of aryl methyl sites for hydroxylation is 3. The number of pyridine rings is 1. The van der Waals surface area contributed by atoms with Gasteiger partial charge in [0.05, 0.1) is 18.0 Å². The van der Waals surface area contributed by atoms with Gasteiger partial charge in [-0.1, -0.05) is 31.5 Å². The van der Waals surface area contributed by atoms with Gasteiger partial charge in [-0.05, 0) is 112 Å². The van der Waals surface area contributed by atoms with Crippen molar-refractivity contribution >= 4 is 11.8 Å². The Morgan fingerprint density at radius 2 is 1.60 bits per heavy atom. The average Bonchev–Trinajstić information content (AvgIpc) is 3.81. The quantitative estimate of drug-likeness (QED) is 0.170. The Hall–Kier alpha value is -3.86. The number of rotatable bonds is 14. The van der Waals surface area contributed by atoms with Crippen molar-refractivity contribution in [3.63, 3.8) is 0 Å². The zero-order chi connectivity index (χ0) is 36.7. The maximum absolute atomic E-state index is 16.8. The summed E-state index contributed by atoms with van der Waals surface area (Å²) in [6, 6.07) is 4.51. The first-order chi connectivity index (χ1) is 23.5.